The second-order valence-electron chi connectivity index (χ2n) is 6.50. The highest BCUT2D eigenvalue weighted by Gasteiger charge is 2.33. The first kappa shape index (κ1) is 21.1. The molecule has 6 nitrogen and oxygen atoms in total. The molecule has 0 saturated carbocycles. The van der Waals surface area contributed by atoms with Gasteiger partial charge in [0.2, 0.25) is 5.91 Å². The maximum absolute atomic E-state index is 12.6. The molecule has 0 unspecified atom stereocenters. The summed E-state index contributed by atoms with van der Waals surface area (Å²) in [5, 5.41) is 7.31. The highest BCUT2D eigenvalue weighted by atomic mass is 32.1. The number of aromatic nitrogens is 1. The number of alkyl halides is 3. The number of anilines is 1. The molecule has 1 aliphatic heterocycles. The molecule has 0 spiro atoms. The van der Waals surface area contributed by atoms with Gasteiger partial charge in [-0.2, -0.15) is 13.2 Å². The zero-order chi connectivity index (χ0) is 20.9. The molecule has 1 aliphatic rings. The number of amides is 1. The molecule has 0 fully saturated rings. The SMILES string of the molecule is CN=C(NCCCC(=O)N1CCc2ccccc21)NCc1nc(C(F)(F)F)cs1. The number of thiazole rings is 1. The number of carbonyl (C=O) groups is 1. The third-order valence-electron chi connectivity index (χ3n) is 4.52. The van der Waals surface area contributed by atoms with Gasteiger partial charge < -0.3 is 15.5 Å². The minimum atomic E-state index is -4.43. The molecule has 0 bridgehead atoms. The fourth-order valence-electron chi connectivity index (χ4n) is 3.08. The fourth-order valence-corrected chi connectivity index (χ4v) is 3.82. The Bertz CT molecular complexity index is 881. The van der Waals surface area contributed by atoms with E-state index < -0.39 is 11.9 Å². The van der Waals surface area contributed by atoms with E-state index >= 15 is 0 Å². The molecule has 1 amide bonds. The van der Waals surface area contributed by atoms with Crippen molar-refractivity contribution in [1.82, 2.24) is 15.6 Å². The van der Waals surface area contributed by atoms with E-state index in [-0.39, 0.29) is 12.5 Å². The van der Waals surface area contributed by atoms with Crippen LogP contribution in [0.3, 0.4) is 0 Å². The van der Waals surface area contributed by atoms with Gasteiger partial charge in [0.25, 0.3) is 0 Å². The number of hydrogen-bond acceptors (Lipinski definition) is 4. The minimum Gasteiger partial charge on any atom is -0.356 e. The monoisotopic (exact) mass is 425 g/mol. The van der Waals surface area contributed by atoms with Gasteiger partial charge in [-0.05, 0) is 24.5 Å². The lowest BCUT2D eigenvalue weighted by molar-refractivity contribution is -0.140. The maximum Gasteiger partial charge on any atom is 0.434 e. The number of nitrogens with zero attached hydrogens (tertiary/aromatic N) is 3. The largest absolute Gasteiger partial charge is 0.434 e. The predicted octanol–water partition coefficient (Wildman–Crippen LogP) is 3.20. The minimum absolute atomic E-state index is 0.0853. The molecular formula is C19H22F3N5OS. The number of fused-ring (bicyclic) bond motifs is 1. The van der Waals surface area contributed by atoms with Gasteiger partial charge in [0, 0.05) is 37.6 Å². The zero-order valence-corrected chi connectivity index (χ0v) is 16.7. The molecule has 2 aromatic rings. The lowest BCUT2D eigenvalue weighted by Gasteiger charge is -2.17. The highest BCUT2D eigenvalue weighted by Crippen LogP contribution is 2.30. The third-order valence-corrected chi connectivity index (χ3v) is 5.37. The van der Waals surface area contributed by atoms with Gasteiger partial charge >= 0.3 is 6.18 Å². The summed E-state index contributed by atoms with van der Waals surface area (Å²) < 4.78 is 37.8. The van der Waals surface area contributed by atoms with Gasteiger partial charge in [0.15, 0.2) is 11.7 Å². The topological polar surface area (TPSA) is 69.6 Å². The molecule has 2 heterocycles. The molecule has 1 aromatic carbocycles. The second kappa shape index (κ2) is 9.25. The number of halogens is 3. The maximum atomic E-state index is 12.6. The lowest BCUT2D eigenvalue weighted by Crippen LogP contribution is -2.38. The van der Waals surface area contributed by atoms with Crippen molar-refractivity contribution in [2.24, 2.45) is 4.99 Å². The van der Waals surface area contributed by atoms with Crippen molar-refractivity contribution in [3.05, 3.63) is 45.9 Å². The van der Waals surface area contributed by atoms with Gasteiger partial charge in [-0.25, -0.2) is 4.98 Å². The smallest absolute Gasteiger partial charge is 0.356 e. The van der Waals surface area contributed by atoms with Crippen LogP contribution >= 0.6 is 11.3 Å². The Morgan fingerprint density at radius 3 is 2.83 bits per heavy atom. The van der Waals surface area contributed by atoms with Gasteiger partial charge in [0.05, 0.1) is 6.54 Å². The van der Waals surface area contributed by atoms with Crippen LogP contribution in [0.25, 0.3) is 0 Å². The molecule has 0 saturated heterocycles. The van der Waals surface area contributed by atoms with Crippen LogP contribution in [0.5, 0.6) is 0 Å². The Kier molecular flexibility index (Phi) is 6.73. The highest BCUT2D eigenvalue weighted by molar-refractivity contribution is 7.09. The van der Waals surface area contributed by atoms with Crippen molar-refractivity contribution in [3.63, 3.8) is 0 Å². The number of benzene rings is 1. The Morgan fingerprint density at radius 2 is 2.10 bits per heavy atom. The van der Waals surface area contributed by atoms with Gasteiger partial charge in [-0.1, -0.05) is 18.2 Å². The summed E-state index contributed by atoms with van der Waals surface area (Å²) in [6.45, 7) is 1.37. The van der Waals surface area contributed by atoms with E-state index in [9.17, 15) is 18.0 Å². The summed E-state index contributed by atoms with van der Waals surface area (Å²) >= 11 is 0.943. The van der Waals surface area contributed by atoms with Crippen LogP contribution < -0.4 is 15.5 Å². The van der Waals surface area contributed by atoms with E-state index in [1.54, 1.807) is 7.05 Å². The number of rotatable bonds is 6. The van der Waals surface area contributed by atoms with E-state index in [1.807, 2.05) is 29.2 Å². The molecule has 3 rings (SSSR count). The number of carbonyl (C=O) groups excluding carboxylic acids is 1. The van der Waals surface area contributed by atoms with Crippen LogP contribution in [0.2, 0.25) is 0 Å². The van der Waals surface area contributed by atoms with Crippen LogP contribution in [0.4, 0.5) is 18.9 Å². The molecule has 0 atom stereocenters. The summed E-state index contributed by atoms with van der Waals surface area (Å²) in [6, 6.07) is 7.92. The molecule has 156 valence electrons. The summed E-state index contributed by atoms with van der Waals surface area (Å²) in [5.41, 5.74) is 1.30. The van der Waals surface area contributed by atoms with Gasteiger partial charge in [-0.3, -0.25) is 9.79 Å². The summed E-state index contributed by atoms with van der Waals surface area (Å²) in [5.74, 6) is 0.537. The molecular weight excluding hydrogens is 403 g/mol. The lowest BCUT2D eigenvalue weighted by atomic mass is 10.2. The number of guanidine groups is 1. The fraction of sp³-hybridized carbons (Fsp3) is 0.421. The van der Waals surface area contributed by atoms with Crippen molar-refractivity contribution in [2.45, 2.75) is 32.0 Å². The molecule has 2 N–H and O–H groups in total. The third kappa shape index (κ3) is 5.47. The molecule has 29 heavy (non-hydrogen) atoms. The van der Waals surface area contributed by atoms with E-state index in [1.165, 1.54) is 5.56 Å². The van der Waals surface area contributed by atoms with E-state index in [0.717, 1.165) is 28.8 Å². The first-order chi connectivity index (χ1) is 13.9. The predicted molar refractivity (Wildman–Crippen MR) is 107 cm³/mol. The van der Waals surface area contributed by atoms with Gasteiger partial charge in [0.1, 0.15) is 5.01 Å². The Balaban J connectivity index is 1.39. The first-order valence-electron chi connectivity index (χ1n) is 9.23. The number of nitrogens with one attached hydrogen (secondary N) is 2. The summed E-state index contributed by atoms with van der Waals surface area (Å²) in [6.07, 6.45) is -2.53. The quantitative estimate of drug-likeness (QED) is 0.424. The van der Waals surface area contributed by atoms with Crippen LogP contribution in [0.15, 0.2) is 34.6 Å². The molecule has 1 aromatic heterocycles. The van der Waals surface area contributed by atoms with Gasteiger partial charge in [-0.15, -0.1) is 11.3 Å². The van der Waals surface area contributed by atoms with Crippen LogP contribution in [0, 0.1) is 0 Å². The molecule has 0 aliphatic carbocycles. The Morgan fingerprint density at radius 1 is 1.31 bits per heavy atom. The first-order valence-corrected chi connectivity index (χ1v) is 10.1. The normalized spacial score (nSPS) is 14.1. The van der Waals surface area contributed by atoms with Crippen molar-refractivity contribution in [1.29, 1.82) is 0 Å². The molecule has 0 radical (unpaired) electrons. The second-order valence-corrected chi connectivity index (χ2v) is 7.45. The van der Waals surface area contributed by atoms with Crippen molar-refractivity contribution < 1.29 is 18.0 Å². The van der Waals surface area contributed by atoms with Crippen LogP contribution in [0.1, 0.15) is 29.1 Å². The summed E-state index contributed by atoms with van der Waals surface area (Å²) in [4.78, 5) is 21.9. The average Bonchev–Trinajstić information content (AvgIpc) is 3.34. The Labute approximate surface area is 170 Å². The van der Waals surface area contributed by atoms with Crippen LogP contribution in [-0.4, -0.2) is 37.0 Å². The molecule has 10 heteroatoms. The average molecular weight is 425 g/mol. The number of aliphatic imine (C=N–C) groups is 1. The van der Waals surface area contributed by atoms with E-state index in [2.05, 4.69) is 20.6 Å². The zero-order valence-electron chi connectivity index (χ0n) is 15.9. The van der Waals surface area contributed by atoms with Crippen molar-refractivity contribution in [3.8, 4) is 0 Å². The van der Waals surface area contributed by atoms with E-state index in [0.29, 0.717) is 36.9 Å². The van der Waals surface area contributed by atoms with Crippen LogP contribution in [-0.2, 0) is 23.9 Å². The number of para-hydroxylation sites is 1. The van der Waals surface area contributed by atoms with Crippen molar-refractivity contribution in [2.75, 3.05) is 25.0 Å². The summed E-state index contributed by atoms with van der Waals surface area (Å²) in [7, 11) is 1.57. The number of hydrogen-bond donors (Lipinski definition) is 2. The Hall–Kier alpha value is -2.62. The standard InChI is InChI=1S/C19H22F3N5OS/c1-23-18(25-11-16-26-15(12-29-16)19(20,21)22)24-9-4-7-17(28)27-10-8-13-5-2-3-6-14(13)27/h2-3,5-6,12H,4,7-11H2,1H3,(H2,23,24,25). The van der Waals surface area contributed by atoms with Crippen molar-refractivity contribution >= 4 is 28.9 Å². The van der Waals surface area contributed by atoms with E-state index in [4.69, 9.17) is 0 Å².